The van der Waals surface area contributed by atoms with Crippen molar-refractivity contribution in [3.05, 3.63) is 12.0 Å². The second-order valence-corrected chi connectivity index (χ2v) is 2.83. The second kappa shape index (κ2) is 3.93. The van der Waals surface area contributed by atoms with Crippen molar-refractivity contribution in [2.45, 2.75) is 24.4 Å². The van der Waals surface area contributed by atoms with E-state index in [1.807, 2.05) is 0 Å². The first-order valence-corrected chi connectivity index (χ1v) is 3.77. The third-order valence-corrected chi connectivity index (χ3v) is 1.88. The highest BCUT2D eigenvalue weighted by Gasteiger charge is 2.38. The molecule has 1 aliphatic heterocycles. The lowest BCUT2D eigenvalue weighted by molar-refractivity contribution is -0.134. The first-order chi connectivity index (χ1) is 6.07. The normalized spacial score (nSPS) is 36.3. The van der Waals surface area contributed by atoms with Crippen LogP contribution in [0.2, 0.25) is 0 Å². The summed E-state index contributed by atoms with van der Waals surface area (Å²) in [6, 6.07) is 0. The number of ether oxygens (including phenoxy) is 1. The Morgan fingerprint density at radius 1 is 1.46 bits per heavy atom. The minimum atomic E-state index is -1.49. The van der Waals surface area contributed by atoms with Crippen LogP contribution in [0.15, 0.2) is 12.0 Å². The van der Waals surface area contributed by atoms with Gasteiger partial charge in [-0.15, -0.1) is 0 Å². The van der Waals surface area contributed by atoms with Crippen molar-refractivity contribution in [3.8, 4) is 0 Å². The second-order valence-electron chi connectivity index (χ2n) is 2.83. The molecule has 1 aliphatic rings. The summed E-state index contributed by atoms with van der Waals surface area (Å²) in [4.78, 5) is 0. The van der Waals surface area contributed by atoms with Gasteiger partial charge in [-0.3, -0.25) is 0 Å². The number of aliphatic hydroxyl groups excluding tert-OH is 5. The Labute approximate surface area is 74.3 Å². The van der Waals surface area contributed by atoms with Crippen molar-refractivity contribution in [2.75, 3.05) is 6.61 Å². The van der Waals surface area contributed by atoms with Gasteiger partial charge in [-0.05, 0) is 0 Å². The molecule has 13 heavy (non-hydrogen) atoms. The fourth-order valence-electron chi connectivity index (χ4n) is 1.08. The van der Waals surface area contributed by atoms with Crippen molar-refractivity contribution in [1.82, 2.24) is 0 Å². The highest BCUT2D eigenvalue weighted by Crippen LogP contribution is 2.19. The van der Waals surface area contributed by atoms with Crippen LogP contribution < -0.4 is 0 Å². The molecule has 6 heteroatoms. The summed E-state index contributed by atoms with van der Waals surface area (Å²) in [5, 5.41) is 44.9. The van der Waals surface area contributed by atoms with Gasteiger partial charge in [-0.2, -0.15) is 0 Å². The average Bonchev–Trinajstić information content (AvgIpc) is 2.13. The summed E-state index contributed by atoms with van der Waals surface area (Å²) >= 11 is 0. The van der Waals surface area contributed by atoms with E-state index in [4.69, 9.17) is 25.2 Å². The Morgan fingerprint density at radius 2 is 2.08 bits per heavy atom. The molecule has 0 saturated heterocycles. The van der Waals surface area contributed by atoms with Gasteiger partial charge in [0.15, 0.2) is 11.9 Å². The quantitative estimate of drug-likeness (QED) is 0.341. The average molecular weight is 192 g/mol. The van der Waals surface area contributed by atoms with Gasteiger partial charge in [0.1, 0.15) is 24.6 Å². The molecule has 2 unspecified atom stereocenters. The molecule has 0 bridgehead atoms. The molecular formula is C7H12O6. The SMILES string of the molecule is OC[C@@H](O)C1OC=C(O)C(O)[C@@H]1O. The van der Waals surface area contributed by atoms with Crippen LogP contribution in [0.4, 0.5) is 0 Å². The summed E-state index contributed by atoms with van der Waals surface area (Å²) in [6.07, 6.45) is -4.53. The number of rotatable bonds is 2. The largest absolute Gasteiger partial charge is 0.506 e. The van der Waals surface area contributed by atoms with Crippen LogP contribution in [0.1, 0.15) is 0 Å². The van der Waals surface area contributed by atoms with Crippen molar-refractivity contribution >= 4 is 0 Å². The topological polar surface area (TPSA) is 110 Å². The van der Waals surface area contributed by atoms with Gasteiger partial charge in [0.25, 0.3) is 0 Å². The van der Waals surface area contributed by atoms with Crippen LogP contribution in [-0.2, 0) is 4.74 Å². The molecule has 1 heterocycles. The molecule has 0 spiro atoms. The van der Waals surface area contributed by atoms with E-state index in [1.165, 1.54) is 0 Å². The van der Waals surface area contributed by atoms with Gasteiger partial charge in [0.05, 0.1) is 6.61 Å². The first kappa shape index (κ1) is 10.3. The fraction of sp³-hybridized carbons (Fsp3) is 0.714. The van der Waals surface area contributed by atoms with Crippen molar-refractivity contribution in [2.24, 2.45) is 0 Å². The molecule has 0 saturated carbocycles. The van der Waals surface area contributed by atoms with Crippen molar-refractivity contribution < 1.29 is 30.3 Å². The Kier molecular flexibility index (Phi) is 3.10. The van der Waals surface area contributed by atoms with E-state index in [9.17, 15) is 5.11 Å². The third kappa shape index (κ3) is 1.92. The summed E-state index contributed by atoms with van der Waals surface area (Å²) < 4.78 is 4.69. The van der Waals surface area contributed by atoms with E-state index >= 15 is 0 Å². The number of hydrogen-bond donors (Lipinski definition) is 5. The lowest BCUT2D eigenvalue weighted by Gasteiger charge is -2.32. The highest BCUT2D eigenvalue weighted by molar-refractivity contribution is 5.04. The van der Waals surface area contributed by atoms with Crippen LogP contribution in [0.25, 0.3) is 0 Å². The minimum Gasteiger partial charge on any atom is -0.506 e. The maximum absolute atomic E-state index is 9.26. The van der Waals surface area contributed by atoms with Gasteiger partial charge in [0.2, 0.25) is 0 Å². The van der Waals surface area contributed by atoms with E-state index < -0.39 is 36.8 Å². The van der Waals surface area contributed by atoms with Crippen LogP contribution in [0.3, 0.4) is 0 Å². The van der Waals surface area contributed by atoms with Crippen LogP contribution in [0, 0.1) is 0 Å². The molecule has 0 aromatic carbocycles. The smallest absolute Gasteiger partial charge is 0.158 e. The number of hydrogen-bond acceptors (Lipinski definition) is 6. The summed E-state index contributed by atoms with van der Waals surface area (Å²) in [5.74, 6) is -0.506. The van der Waals surface area contributed by atoms with Crippen molar-refractivity contribution in [1.29, 1.82) is 0 Å². The predicted molar refractivity (Wildman–Crippen MR) is 40.7 cm³/mol. The van der Waals surface area contributed by atoms with E-state index in [1.54, 1.807) is 0 Å². The Morgan fingerprint density at radius 3 is 2.62 bits per heavy atom. The molecule has 6 nitrogen and oxygen atoms in total. The number of aliphatic hydroxyl groups is 5. The lowest BCUT2D eigenvalue weighted by Crippen LogP contribution is -2.49. The molecule has 0 aromatic heterocycles. The van der Waals surface area contributed by atoms with Gasteiger partial charge in [-0.25, -0.2) is 0 Å². The third-order valence-electron chi connectivity index (χ3n) is 1.88. The molecule has 0 radical (unpaired) electrons. The van der Waals surface area contributed by atoms with Gasteiger partial charge in [0, 0.05) is 0 Å². The molecule has 0 aliphatic carbocycles. The van der Waals surface area contributed by atoms with Gasteiger partial charge < -0.3 is 30.3 Å². The maximum atomic E-state index is 9.26. The van der Waals surface area contributed by atoms with E-state index in [2.05, 4.69) is 0 Å². The van der Waals surface area contributed by atoms with E-state index in [-0.39, 0.29) is 0 Å². The maximum Gasteiger partial charge on any atom is 0.158 e. The van der Waals surface area contributed by atoms with Gasteiger partial charge in [-0.1, -0.05) is 0 Å². The lowest BCUT2D eigenvalue weighted by atomic mass is 10.0. The summed E-state index contributed by atoms with van der Waals surface area (Å²) in [6.45, 7) is -0.594. The molecule has 4 atom stereocenters. The van der Waals surface area contributed by atoms with E-state index in [0.29, 0.717) is 0 Å². The molecule has 76 valence electrons. The predicted octanol–water partition coefficient (Wildman–Crippen LogP) is -2.14. The Hall–Kier alpha value is -0.820. The molecular weight excluding hydrogens is 180 g/mol. The Balaban J connectivity index is 2.70. The zero-order valence-electron chi connectivity index (χ0n) is 6.74. The first-order valence-electron chi connectivity index (χ1n) is 3.77. The molecule has 0 aromatic rings. The van der Waals surface area contributed by atoms with Crippen LogP contribution in [0.5, 0.6) is 0 Å². The fourth-order valence-corrected chi connectivity index (χ4v) is 1.08. The Bertz CT molecular complexity index is 203. The summed E-state index contributed by atoms with van der Waals surface area (Å²) in [5.41, 5.74) is 0. The standard InChI is InChI=1S/C7H12O6/c8-1-3(9)7-6(12)5(11)4(10)2-13-7/h2-3,5-12H,1H2/t3-,5?,6+,7?/m1/s1. The monoisotopic (exact) mass is 192 g/mol. The molecule has 1 rings (SSSR count). The van der Waals surface area contributed by atoms with E-state index in [0.717, 1.165) is 6.26 Å². The van der Waals surface area contributed by atoms with Crippen LogP contribution in [-0.4, -0.2) is 56.6 Å². The van der Waals surface area contributed by atoms with Crippen molar-refractivity contribution in [3.63, 3.8) is 0 Å². The molecule has 5 N–H and O–H groups in total. The zero-order valence-corrected chi connectivity index (χ0v) is 6.74. The highest BCUT2D eigenvalue weighted by atomic mass is 16.5. The zero-order chi connectivity index (χ0) is 10.0. The minimum absolute atomic E-state index is 0.506. The van der Waals surface area contributed by atoms with Gasteiger partial charge >= 0.3 is 0 Å². The molecule has 0 amide bonds. The van der Waals surface area contributed by atoms with Crippen LogP contribution >= 0.6 is 0 Å². The molecule has 0 fully saturated rings. The summed E-state index contributed by atoms with van der Waals surface area (Å²) in [7, 11) is 0.